The molecular weight excluding hydrogens is 280 g/mol. The molecule has 0 radical (unpaired) electrons. The highest BCUT2D eigenvalue weighted by atomic mass is 32.2. The molecule has 0 aromatic heterocycles. The van der Waals surface area contributed by atoms with Gasteiger partial charge < -0.3 is 0 Å². The Morgan fingerprint density at radius 1 is 0.947 bits per heavy atom. The fourth-order valence-electron chi connectivity index (χ4n) is 1.93. The van der Waals surface area contributed by atoms with Crippen LogP contribution in [0.2, 0.25) is 0 Å². The highest BCUT2D eigenvalue weighted by molar-refractivity contribution is 7.86. The van der Waals surface area contributed by atoms with Gasteiger partial charge in [-0.1, -0.05) is 24.3 Å². The molecule has 0 amide bonds. The topological polar surface area (TPSA) is 54.4 Å². The van der Waals surface area contributed by atoms with Crippen LogP contribution < -0.4 is 0 Å². The Labute approximate surface area is 118 Å². The van der Waals surface area contributed by atoms with Crippen molar-refractivity contribution in [1.82, 2.24) is 0 Å². The van der Waals surface area contributed by atoms with Crippen molar-refractivity contribution in [3.05, 3.63) is 47.5 Å². The SMILES string of the molecule is Cc1ccc(-c2ccc(C)cc2S(=O)(=O)O)c(S)c1. The Morgan fingerprint density at radius 2 is 1.47 bits per heavy atom. The molecule has 0 heterocycles. The lowest BCUT2D eigenvalue weighted by Gasteiger charge is -2.11. The lowest BCUT2D eigenvalue weighted by atomic mass is 10.0. The lowest BCUT2D eigenvalue weighted by molar-refractivity contribution is 0.483. The first-order valence-electron chi connectivity index (χ1n) is 5.67. The summed E-state index contributed by atoms with van der Waals surface area (Å²) in [5, 5.41) is 0. The Morgan fingerprint density at radius 3 is 2.00 bits per heavy atom. The second kappa shape index (κ2) is 5.00. The smallest absolute Gasteiger partial charge is 0.282 e. The van der Waals surface area contributed by atoms with Gasteiger partial charge >= 0.3 is 0 Å². The summed E-state index contributed by atoms with van der Waals surface area (Å²) in [7, 11) is -4.26. The molecular formula is C14H14O3S2. The maximum Gasteiger partial charge on any atom is 0.295 e. The van der Waals surface area contributed by atoms with E-state index in [0.29, 0.717) is 16.0 Å². The number of thiol groups is 1. The van der Waals surface area contributed by atoms with E-state index in [4.69, 9.17) is 0 Å². The van der Waals surface area contributed by atoms with E-state index in [-0.39, 0.29) is 4.90 Å². The van der Waals surface area contributed by atoms with Gasteiger partial charge in [0.2, 0.25) is 0 Å². The van der Waals surface area contributed by atoms with E-state index in [9.17, 15) is 13.0 Å². The van der Waals surface area contributed by atoms with Crippen molar-refractivity contribution in [2.24, 2.45) is 0 Å². The van der Waals surface area contributed by atoms with Gasteiger partial charge in [-0.25, -0.2) is 0 Å². The van der Waals surface area contributed by atoms with Gasteiger partial charge in [-0.3, -0.25) is 4.55 Å². The standard InChI is InChI=1S/C14H14O3S2/c1-9-3-5-11(13(18)7-9)12-6-4-10(2)8-14(12)19(15,16)17/h3-8,18H,1-2H3,(H,15,16,17). The van der Waals surface area contributed by atoms with Gasteiger partial charge in [0, 0.05) is 10.5 Å². The van der Waals surface area contributed by atoms with E-state index in [1.807, 2.05) is 19.1 Å². The van der Waals surface area contributed by atoms with E-state index in [1.165, 1.54) is 6.07 Å². The first-order chi connectivity index (χ1) is 8.79. The van der Waals surface area contributed by atoms with Gasteiger partial charge in [0.05, 0.1) is 0 Å². The molecule has 0 aliphatic rings. The van der Waals surface area contributed by atoms with Gasteiger partial charge in [0.15, 0.2) is 0 Å². The van der Waals surface area contributed by atoms with Crippen molar-refractivity contribution in [1.29, 1.82) is 0 Å². The van der Waals surface area contributed by atoms with Crippen LogP contribution in [0, 0.1) is 13.8 Å². The minimum atomic E-state index is -4.26. The number of hydrogen-bond acceptors (Lipinski definition) is 3. The van der Waals surface area contributed by atoms with Gasteiger partial charge in [-0.15, -0.1) is 12.6 Å². The molecule has 0 aliphatic heterocycles. The van der Waals surface area contributed by atoms with Crippen molar-refractivity contribution in [3.8, 4) is 11.1 Å². The maximum absolute atomic E-state index is 11.5. The predicted octanol–water partition coefficient (Wildman–Crippen LogP) is 3.51. The highest BCUT2D eigenvalue weighted by Gasteiger charge is 2.18. The fourth-order valence-corrected chi connectivity index (χ4v) is 3.12. The molecule has 2 aromatic rings. The van der Waals surface area contributed by atoms with E-state index in [0.717, 1.165) is 11.1 Å². The molecule has 0 saturated carbocycles. The molecule has 2 rings (SSSR count). The second-order valence-corrected chi connectivity index (χ2v) is 6.37. The van der Waals surface area contributed by atoms with Gasteiger partial charge in [-0.2, -0.15) is 8.42 Å². The van der Waals surface area contributed by atoms with E-state index < -0.39 is 10.1 Å². The van der Waals surface area contributed by atoms with E-state index in [2.05, 4.69) is 12.6 Å². The molecule has 0 fully saturated rings. The molecule has 1 N–H and O–H groups in total. The van der Waals surface area contributed by atoms with Gasteiger partial charge in [-0.05, 0) is 42.7 Å². The summed E-state index contributed by atoms with van der Waals surface area (Å²) in [6.07, 6.45) is 0. The molecule has 3 nitrogen and oxygen atoms in total. The Balaban J connectivity index is 2.76. The summed E-state index contributed by atoms with van der Waals surface area (Å²) >= 11 is 4.37. The Bertz CT molecular complexity index is 734. The van der Waals surface area contributed by atoms with Crippen molar-refractivity contribution in [3.63, 3.8) is 0 Å². The van der Waals surface area contributed by atoms with Crippen LogP contribution >= 0.6 is 12.6 Å². The molecule has 100 valence electrons. The molecule has 5 heteroatoms. The summed E-state index contributed by atoms with van der Waals surface area (Å²) < 4.78 is 32.3. The molecule has 19 heavy (non-hydrogen) atoms. The zero-order chi connectivity index (χ0) is 14.2. The number of benzene rings is 2. The van der Waals surface area contributed by atoms with E-state index >= 15 is 0 Å². The summed E-state index contributed by atoms with van der Waals surface area (Å²) in [5.74, 6) is 0. The molecule has 0 saturated heterocycles. The quantitative estimate of drug-likeness (QED) is 0.658. The van der Waals surface area contributed by atoms with Crippen LogP contribution in [-0.2, 0) is 10.1 Å². The molecule has 0 atom stereocenters. The van der Waals surface area contributed by atoms with Crippen LogP contribution in [0.25, 0.3) is 11.1 Å². The van der Waals surface area contributed by atoms with E-state index in [1.54, 1.807) is 25.1 Å². The predicted molar refractivity (Wildman–Crippen MR) is 78.4 cm³/mol. The monoisotopic (exact) mass is 294 g/mol. The molecule has 2 aromatic carbocycles. The summed E-state index contributed by atoms with van der Waals surface area (Å²) in [4.78, 5) is 0.584. The van der Waals surface area contributed by atoms with Crippen LogP contribution in [0.15, 0.2) is 46.2 Å². The highest BCUT2D eigenvalue weighted by Crippen LogP contribution is 2.33. The lowest BCUT2D eigenvalue weighted by Crippen LogP contribution is -2.01. The number of aryl methyl sites for hydroxylation is 2. The molecule has 0 spiro atoms. The first kappa shape index (κ1) is 14.1. The van der Waals surface area contributed by atoms with Crippen molar-refractivity contribution >= 4 is 22.7 Å². The Hall–Kier alpha value is -1.30. The van der Waals surface area contributed by atoms with Gasteiger partial charge in [0.1, 0.15) is 4.90 Å². The third-order valence-electron chi connectivity index (χ3n) is 2.86. The third kappa shape index (κ3) is 3.00. The maximum atomic E-state index is 11.5. The zero-order valence-electron chi connectivity index (χ0n) is 10.6. The van der Waals surface area contributed by atoms with Crippen LogP contribution in [0.5, 0.6) is 0 Å². The average molecular weight is 294 g/mol. The van der Waals surface area contributed by atoms with Gasteiger partial charge in [0.25, 0.3) is 10.1 Å². The summed E-state index contributed by atoms with van der Waals surface area (Å²) in [6, 6.07) is 10.5. The second-order valence-electron chi connectivity index (χ2n) is 4.50. The summed E-state index contributed by atoms with van der Waals surface area (Å²) in [5.41, 5.74) is 2.94. The Kier molecular flexibility index (Phi) is 3.71. The fraction of sp³-hybridized carbons (Fsp3) is 0.143. The van der Waals surface area contributed by atoms with Crippen molar-refractivity contribution in [2.45, 2.75) is 23.6 Å². The van der Waals surface area contributed by atoms with Crippen molar-refractivity contribution < 1.29 is 13.0 Å². The zero-order valence-corrected chi connectivity index (χ0v) is 12.3. The normalized spacial score (nSPS) is 11.6. The first-order valence-corrected chi connectivity index (χ1v) is 7.56. The van der Waals surface area contributed by atoms with Crippen LogP contribution in [0.4, 0.5) is 0 Å². The average Bonchev–Trinajstić information content (AvgIpc) is 2.28. The molecule has 0 bridgehead atoms. The number of rotatable bonds is 2. The number of hydrogen-bond donors (Lipinski definition) is 2. The minimum absolute atomic E-state index is 0.0911. The minimum Gasteiger partial charge on any atom is -0.282 e. The van der Waals surface area contributed by atoms with Crippen molar-refractivity contribution in [2.75, 3.05) is 0 Å². The third-order valence-corrected chi connectivity index (χ3v) is 4.12. The summed E-state index contributed by atoms with van der Waals surface area (Å²) in [6.45, 7) is 3.71. The van der Waals surface area contributed by atoms with Crippen LogP contribution in [-0.4, -0.2) is 13.0 Å². The van der Waals surface area contributed by atoms with Crippen LogP contribution in [0.3, 0.4) is 0 Å². The molecule has 0 aliphatic carbocycles. The molecule has 0 unspecified atom stereocenters. The van der Waals surface area contributed by atoms with Crippen LogP contribution in [0.1, 0.15) is 11.1 Å². The largest absolute Gasteiger partial charge is 0.295 e.